The molecule has 1 unspecified atom stereocenters. The Morgan fingerprint density at radius 2 is 2.03 bits per heavy atom. The fraction of sp³-hybridized carbons (Fsp3) is 0.483. The topological polar surface area (TPSA) is 112 Å². The van der Waals surface area contributed by atoms with E-state index in [2.05, 4.69) is 28.4 Å². The first-order valence-corrected chi connectivity index (χ1v) is 14.1. The smallest absolute Gasteiger partial charge is 0.243 e. The largest absolute Gasteiger partial charge is 0.495 e. The van der Waals surface area contributed by atoms with E-state index in [-0.39, 0.29) is 54.3 Å². The van der Waals surface area contributed by atoms with Gasteiger partial charge >= 0.3 is 0 Å². The molecule has 3 N–H and O–H groups in total. The Morgan fingerprint density at radius 3 is 2.74 bits per heavy atom. The highest BCUT2D eigenvalue weighted by Gasteiger charge is 2.45. The molecule has 208 valence electrons. The number of carbonyl (C=O) groups excluding carboxylic acids is 2. The van der Waals surface area contributed by atoms with Gasteiger partial charge in [0.25, 0.3) is 0 Å². The molecule has 0 bridgehead atoms. The number of carbonyl (C=O) groups is 2. The highest BCUT2D eigenvalue weighted by Crippen LogP contribution is 2.35. The van der Waals surface area contributed by atoms with Crippen LogP contribution in [0.4, 0.5) is 0 Å². The SMILES string of the molecule is COc1c(CNC(=O)[C@@H](CCC#N)N2CCC(CCc3ccccc3)N3C[C@H](N)C[C@H]3C2=O)ccc(Cl)c1Cl. The molecule has 2 heterocycles. The number of nitrogens with one attached hydrogen (secondary N) is 1. The maximum Gasteiger partial charge on any atom is 0.243 e. The molecule has 0 aliphatic carbocycles. The molecule has 8 nitrogen and oxygen atoms in total. The van der Waals surface area contributed by atoms with Crippen molar-refractivity contribution in [3.8, 4) is 11.8 Å². The molecule has 0 aromatic heterocycles. The summed E-state index contributed by atoms with van der Waals surface area (Å²) in [7, 11) is 1.49. The van der Waals surface area contributed by atoms with Crippen LogP contribution in [0.1, 0.15) is 43.2 Å². The fourth-order valence-corrected chi connectivity index (χ4v) is 6.17. The summed E-state index contributed by atoms with van der Waals surface area (Å²) in [6.07, 6.45) is 3.51. The van der Waals surface area contributed by atoms with Crippen LogP contribution >= 0.6 is 23.2 Å². The Balaban J connectivity index is 1.51. The van der Waals surface area contributed by atoms with Crippen molar-refractivity contribution in [2.45, 2.75) is 69.2 Å². The van der Waals surface area contributed by atoms with E-state index in [9.17, 15) is 14.9 Å². The minimum Gasteiger partial charge on any atom is -0.495 e. The van der Waals surface area contributed by atoms with Crippen LogP contribution in [0, 0.1) is 11.3 Å². The van der Waals surface area contributed by atoms with Crippen LogP contribution in [0.15, 0.2) is 42.5 Å². The van der Waals surface area contributed by atoms with Crippen molar-refractivity contribution in [1.82, 2.24) is 15.1 Å². The van der Waals surface area contributed by atoms with Crippen LogP contribution in [-0.4, -0.2) is 66.0 Å². The molecule has 2 aliphatic rings. The van der Waals surface area contributed by atoms with Crippen LogP contribution in [0.3, 0.4) is 0 Å². The molecule has 2 amide bonds. The number of halogens is 2. The van der Waals surface area contributed by atoms with Gasteiger partial charge in [0.1, 0.15) is 16.8 Å². The molecule has 4 rings (SSSR count). The Morgan fingerprint density at radius 1 is 1.26 bits per heavy atom. The van der Waals surface area contributed by atoms with Crippen molar-refractivity contribution in [2.75, 3.05) is 20.2 Å². The van der Waals surface area contributed by atoms with Crippen molar-refractivity contribution >= 4 is 35.0 Å². The van der Waals surface area contributed by atoms with Crippen molar-refractivity contribution in [3.05, 3.63) is 63.6 Å². The lowest BCUT2D eigenvalue weighted by Gasteiger charge is -2.32. The average molecular weight is 573 g/mol. The molecule has 39 heavy (non-hydrogen) atoms. The van der Waals surface area contributed by atoms with Crippen LogP contribution in [0.25, 0.3) is 0 Å². The number of hydrogen-bond donors (Lipinski definition) is 2. The molecule has 2 fully saturated rings. The monoisotopic (exact) mass is 571 g/mol. The Hall–Kier alpha value is -2.83. The Bertz CT molecular complexity index is 1210. The molecule has 0 saturated carbocycles. The summed E-state index contributed by atoms with van der Waals surface area (Å²) in [5, 5.41) is 12.9. The van der Waals surface area contributed by atoms with Gasteiger partial charge in [-0.1, -0.05) is 59.6 Å². The van der Waals surface area contributed by atoms with Gasteiger partial charge in [-0.15, -0.1) is 0 Å². The molecule has 0 spiro atoms. The normalized spacial score (nSPS) is 22.1. The number of nitriles is 1. The number of nitrogens with two attached hydrogens (primary N) is 1. The van der Waals surface area contributed by atoms with E-state index in [0.29, 0.717) is 35.8 Å². The highest BCUT2D eigenvalue weighted by atomic mass is 35.5. The number of aryl methyl sites for hydroxylation is 1. The lowest BCUT2D eigenvalue weighted by atomic mass is 10.0. The van der Waals surface area contributed by atoms with E-state index in [4.69, 9.17) is 33.7 Å². The third kappa shape index (κ3) is 6.85. The second-order valence-electron chi connectivity index (χ2n) is 10.2. The number of ether oxygens (including phenoxy) is 1. The van der Waals surface area contributed by atoms with Crippen molar-refractivity contribution in [3.63, 3.8) is 0 Å². The number of hydrogen-bond acceptors (Lipinski definition) is 6. The van der Waals surface area contributed by atoms with Crippen molar-refractivity contribution in [1.29, 1.82) is 5.26 Å². The number of benzene rings is 2. The minimum absolute atomic E-state index is 0.0876. The summed E-state index contributed by atoms with van der Waals surface area (Å²) in [5.74, 6) is -0.0144. The van der Waals surface area contributed by atoms with Crippen LogP contribution < -0.4 is 15.8 Å². The highest BCUT2D eigenvalue weighted by molar-refractivity contribution is 6.43. The molecule has 10 heteroatoms. The van der Waals surface area contributed by atoms with E-state index in [1.807, 2.05) is 18.2 Å². The summed E-state index contributed by atoms with van der Waals surface area (Å²) >= 11 is 12.4. The van der Waals surface area contributed by atoms with E-state index >= 15 is 0 Å². The van der Waals surface area contributed by atoms with E-state index in [0.717, 1.165) is 19.3 Å². The number of methoxy groups -OCH3 is 1. The van der Waals surface area contributed by atoms with Crippen LogP contribution in [-0.2, 0) is 22.6 Å². The quantitative estimate of drug-likeness (QED) is 0.447. The van der Waals surface area contributed by atoms with Gasteiger partial charge < -0.3 is 20.7 Å². The average Bonchev–Trinajstić information content (AvgIpc) is 3.28. The van der Waals surface area contributed by atoms with Gasteiger partial charge in [0, 0.05) is 43.7 Å². The summed E-state index contributed by atoms with van der Waals surface area (Å²) < 4.78 is 5.40. The lowest BCUT2D eigenvalue weighted by molar-refractivity contribution is -0.143. The van der Waals surface area contributed by atoms with E-state index in [1.165, 1.54) is 12.7 Å². The molecule has 4 atom stereocenters. The van der Waals surface area contributed by atoms with E-state index in [1.54, 1.807) is 17.0 Å². The summed E-state index contributed by atoms with van der Waals surface area (Å²) in [4.78, 5) is 31.3. The predicted molar refractivity (Wildman–Crippen MR) is 151 cm³/mol. The first-order valence-electron chi connectivity index (χ1n) is 13.3. The molecular weight excluding hydrogens is 537 g/mol. The fourth-order valence-electron chi connectivity index (χ4n) is 5.76. The zero-order valence-electron chi connectivity index (χ0n) is 22.1. The second-order valence-corrected chi connectivity index (χ2v) is 11.0. The molecule has 2 aliphatic heterocycles. The summed E-state index contributed by atoms with van der Waals surface area (Å²) in [6, 6.07) is 14.8. The molecule has 2 saturated heterocycles. The Kier molecular flexibility index (Phi) is 10.1. The number of rotatable bonds is 10. The molecule has 2 aromatic carbocycles. The summed E-state index contributed by atoms with van der Waals surface area (Å²) in [6.45, 7) is 1.25. The summed E-state index contributed by atoms with van der Waals surface area (Å²) in [5.41, 5.74) is 8.25. The third-order valence-electron chi connectivity index (χ3n) is 7.72. The van der Waals surface area contributed by atoms with Gasteiger partial charge in [-0.2, -0.15) is 5.26 Å². The van der Waals surface area contributed by atoms with Gasteiger partial charge in [-0.25, -0.2) is 0 Å². The Labute approximate surface area is 240 Å². The van der Waals surface area contributed by atoms with E-state index < -0.39 is 6.04 Å². The molecular formula is C29H35Cl2N5O3. The van der Waals surface area contributed by atoms with Gasteiger partial charge in [-0.05, 0) is 43.7 Å². The lowest BCUT2D eigenvalue weighted by Crippen LogP contribution is -2.53. The van der Waals surface area contributed by atoms with Gasteiger partial charge in [-0.3, -0.25) is 14.5 Å². The maximum absolute atomic E-state index is 13.9. The molecule has 2 aromatic rings. The van der Waals surface area contributed by atoms with Crippen LogP contribution in [0.2, 0.25) is 10.0 Å². The molecule has 0 radical (unpaired) electrons. The first-order chi connectivity index (χ1) is 18.8. The maximum atomic E-state index is 13.9. The third-order valence-corrected chi connectivity index (χ3v) is 8.51. The van der Waals surface area contributed by atoms with Crippen molar-refractivity contribution < 1.29 is 14.3 Å². The van der Waals surface area contributed by atoms with Gasteiger partial charge in [0.05, 0.1) is 24.2 Å². The van der Waals surface area contributed by atoms with Crippen molar-refractivity contribution in [2.24, 2.45) is 5.73 Å². The zero-order chi connectivity index (χ0) is 27.9. The van der Waals surface area contributed by atoms with Gasteiger partial charge in [0.2, 0.25) is 11.8 Å². The predicted octanol–water partition coefficient (Wildman–Crippen LogP) is 3.93. The number of amides is 2. The minimum atomic E-state index is -0.766. The number of nitrogens with zero attached hydrogens (tertiary/aromatic N) is 3. The van der Waals surface area contributed by atoms with Crippen LogP contribution in [0.5, 0.6) is 5.75 Å². The zero-order valence-corrected chi connectivity index (χ0v) is 23.6. The standard InChI is InChI=1S/C29H35Cl2N5O3/c1-39-27-20(10-12-23(30)26(27)31)17-34-28(37)24(8-5-14-32)35-15-13-22(11-9-19-6-3-2-4-7-19)36-18-21(33)16-25(36)29(35)38/h2-4,6-7,10,12,21-22,24-25H,5,8-9,11,13,15-18,33H2,1H3,(H,34,37)/t21-,22?,24-,25+/m1/s1. The first kappa shape index (κ1) is 29.2. The second kappa shape index (κ2) is 13.5. The van der Waals surface area contributed by atoms with Gasteiger partial charge in [0.15, 0.2) is 0 Å². The number of fused-ring (bicyclic) bond motifs is 1.